The second-order valence-corrected chi connectivity index (χ2v) is 5.78. The van der Waals surface area contributed by atoms with Gasteiger partial charge >= 0.3 is 0 Å². The molecule has 3 amide bonds. The fourth-order valence-corrected chi connectivity index (χ4v) is 2.86. The van der Waals surface area contributed by atoms with Crippen molar-refractivity contribution in [2.24, 2.45) is 0 Å². The Morgan fingerprint density at radius 1 is 1.20 bits per heavy atom. The zero-order valence-electron chi connectivity index (χ0n) is 15.5. The van der Waals surface area contributed by atoms with Crippen molar-refractivity contribution in [1.82, 2.24) is 10.2 Å². The van der Waals surface area contributed by atoms with Crippen molar-refractivity contribution in [2.75, 3.05) is 7.05 Å². The van der Waals surface area contributed by atoms with Crippen LogP contribution in [0.2, 0.25) is 0 Å². The molecule has 1 heterocycles. The maximum absolute atomic E-state index is 12.8. The van der Waals surface area contributed by atoms with Crippen LogP contribution < -0.4 is 5.32 Å². The summed E-state index contributed by atoms with van der Waals surface area (Å²) in [5.41, 5.74) is 1.48. The predicted molar refractivity (Wildman–Crippen MR) is 95.5 cm³/mol. The quantitative estimate of drug-likeness (QED) is 0.634. The minimum Gasteiger partial charge on any atom is -0.357 e. The second kappa shape index (κ2) is 9.11. The first-order chi connectivity index (χ1) is 11.9. The highest BCUT2D eigenvalue weighted by molar-refractivity contribution is 6.23. The molecule has 6 heteroatoms. The number of imide groups is 1. The van der Waals surface area contributed by atoms with E-state index in [4.69, 9.17) is 0 Å². The molecule has 136 valence electrons. The molecular weight excluding hydrogens is 320 g/mol. The fourth-order valence-electron chi connectivity index (χ4n) is 2.86. The van der Waals surface area contributed by atoms with Crippen molar-refractivity contribution in [3.8, 4) is 0 Å². The summed E-state index contributed by atoms with van der Waals surface area (Å²) in [5, 5.41) is 2.46. The van der Waals surface area contributed by atoms with Crippen LogP contribution in [-0.2, 0) is 9.59 Å². The van der Waals surface area contributed by atoms with Crippen molar-refractivity contribution in [2.45, 2.75) is 52.5 Å². The van der Waals surface area contributed by atoms with Gasteiger partial charge in [0.25, 0.3) is 11.8 Å². The van der Waals surface area contributed by atoms with Gasteiger partial charge in [-0.1, -0.05) is 39.8 Å². The molecule has 0 bridgehead atoms. The first-order valence-electron chi connectivity index (χ1n) is 8.60. The Morgan fingerprint density at radius 2 is 1.84 bits per heavy atom. The molecule has 1 aliphatic rings. The minimum atomic E-state index is -0.974. The maximum atomic E-state index is 12.8. The zero-order chi connectivity index (χ0) is 19.1. The molecule has 0 saturated carbocycles. The normalized spacial score (nSPS) is 13.9. The third kappa shape index (κ3) is 3.95. The standard InChI is InChI=1S/C17H20N2O4.C2H6/c1-10(2)11-6-4-7-12-14(11)17(23)19(16(12)22)13(8-5-9-20)15(21)18-3;1-2/h4,6-7,9-10,13H,5,8H2,1-3H3,(H,18,21);1-2H3. The Hall–Kier alpha value is -2.50. The first kappa shape index (κ1) is 20.5. The number of benzene rings is 1. The van der Waals surface area contributed by atoms with Crippen LogP contribution in [0.5, 0.6) is 0 Å². The van der Waals surface area contributed by atoms with E-state index in [-0.39, 0.29) is 18.8 Å². The largest absolute Gasteiger partial charge is 0.357 e. The van der Waals surface area contributed by atoms with Crippen molar-refractivity contribution >= 4 is 24.0 Å². The van der Waals surface area contributed by atoms with Crippen LogP contribution in [0.15, 0.2) is 18.2 Å². The van der Waals surface area contributed by atoms with Gasteiger partial charge in [-0.25, -0.2) is 0 Å². The fraction of sp³-hybridized carbons (Fsp3) is 0.474. The summed E-state index contributed by atoms with van der Waals surface area (Å²) in [5.74, 6) is -1.32. The lowest BCUT2D eigenvalue weighted by atomic mass is 9.94. The summed E-state index contributed by atoms with van der Waals surface area (Å²) in [6.07, 6.45) is 0.891. The van der Waals surface area contributed by atoms with E-state index >= 15 is 0 Å². The van der Waals surface area contributed by atoms with Crippen LogP contribution >= 0.6 is 0 Å². The number of hydrogen-bond acceptors (Lipinski definition) is 4. The molecule has 6 nitrogen and oxygen atoms in total. The Morgan fingerprint density at radius 3 is 2.36 bits per heavy atom. The highest BCUT2D eigenvalue weighted by Crippen LogP contribution is 2.32. The lowest BCUT2D eigenvalue weighted by Gasteiger charge is -2.24. The molecule has 2 rings (SSSR count). The van der Waals surface area contributed by atoms with Gasteiger partial charge in [0.05, 0.1) is 11.1 Å². The van der Waals surface area contributed by atoms with Crippen LogP contribution in [0.1, 0.15) is 72.7 Å². The second-order valence-electron chi connectivity index (χ2n) is 5.78. The van der Waals surface area contributed by atoms with E-state index in [0.29, 0.717) is 17.4 Å². The number of carbonyl (C=O) groups excluding carboxylic acids is 4. The van der Waals surface area contributed by atoms with Crippen LogP contribution in [0, 0.1) is 0 Å². The number of aldehydes is 1. The summed E-state index contributed by atoms with van der Waals surface area (Å²) in [4.78, 5) is 49.2. The van der Waals surface area contributed by atoms with E-state index in [9.17, 15) is 19.2 Å². The van der Waals surface area contributed by atoms with E-state index in [2.05, 4.69) is 5.32 Å². The van der Waals surface area contributed by atoms with Crippen LogP contribution in [0.3, 0.4) is 0 Å². The molecule has 1 aromatic rings. The molecule has 0 radical (unpaired) electrons. The van der Waals surface area contributed by atoms with Gasteiger partial charge < -0.3 is 10.1 Å². The van der Waals surface area contributed by atoms with Crippen LogP contribution in [0.25, 0.3) is 0 Å². The van der Waals surface area contributed by atoms with Crippen molar-refractivity contribution in [3.05, 3.63) is 34.9 Å². The van der Waals surface area contributed by atoms with Crippen molar-refractivity contribution in [3.63, 3.8) is 0 Å². The number of nitrogens with one attached hydrogen (secondary N) is 1. The maximum Gasteiger partial charge on any atom is 0.262 e. The Kier molecular flexibility index (Phi) is 7.48. The Labute approximate surface area is 148 Å². The number of rotatable bonds is 6. The molecule has 0 fully saturated rings. The van der Waals surface area contributed by atoms with Gasteiger partial charge in [-0.2, -0.15) is 0 Å². The molecule has 1 aromatic carbocycles. The third-order valence-corrected chi connectivity index (χ3v) is 4.02. The van der Waals surface area contributed by atoms with Gasteiger partial charge in [-0.3, -0.25) is 19.3 Å². The molecule has 1 atom stereocenters. The number of carbonyl (C=O) groups is 4. The molecule has 1 unspecified atom stereocenters. The minimum absolute atomic E-state index is 0.0788. The first-order valence-corrected chi connectivity index (χ1v) is 8.60. The van der Waals surface area contributed by atoms with Crippen molar-refractivity contribution in [1.29, 1.82) is 0 Å². The summed E-state index contributed by atoms with van der Waals surface area (Å²) >= 11 is 0. The smallest absolute Gasteiger partial charge is 0.262 e. The molecule has 0 aromatic heterocycles. The Balaban J connectivity index is 0.00000151. The molecule has 0 saturated heterocycles. The third-order valence-electron chi connectivity index (χ3n) is 4.02. The van der Waals surface area contributed by atoms with E-state index in [1.165, 1.54) is 7.05 Å². The molecular formula is C19H26N2O4. The lowest BCUT2D eigenvalue weighted by Crippen LogP contribution is -2.48. The van der Waals surface area contributed by atoms with E-state index in [1.54, 1.807) is 12.1 Å². The topological polar surface area (TPSA) is 83.6 Å². The predicted octanol–water partition coefficient (Wildman–Crippen LogP) is 2.53. The average Bonchev–Trinajstić information content (AvgIpc) is 2.88. The average molecular weight is 346 g/mol. The Bertz CT molecular complexity index is 667. The summed E-state index contributed by atoms with van der Waals surface area (Å²) in [7, 11) is 1.44. The van der Waals surface area contributed by atoms with E-state index < -0.39 is 23.8 Å². The molecule has 0 aliphatic carbocycles. The van der Waals surface area contributed by atoms with Gasteiger partial charge in [0.2, 0.25) is 5.91 Å². The van der Waals surface area contributed by atoms with Gasteiger partial charge in [0.1, 0.15) is 12.3 Å². The van der Waals surface area contributed by atoms with Crippen LogP contribution in [-0.4, -0.2) is 42.0 Å². The van der Waals surface area contributed by atoms with E-state index in [1.807, 2.05) is 33.8 Å². The number of nitrogens with zero attached hydrogens (tertiary/aromatic N) is 1. The summed E-state index contributed by atoms with van der Waals surface area (Å²) in [6.45, 7) is 7.89. The zero-order valence-corrected chi connectivity index (χ0v) is 15.5. The molecule has 1 N–H and O–H groups in total. The molecule has 0 spiro atoms. The monoisotopic (exact) mass is 346 g/mol. The number of amides is 3. The summed E-state index contributed by atoms with van der Waals surface area (Å²) < 4.78 is 0. The molecule has 25 heavy (non-hydrogen) atoms. The number of fused-ring (bicyclic) bond motifs is 1. The summed E-state index contributed by atoms with van der Waals surface area (Å²) in [6, 6.07) is 4.18. The van der Waals surface area contributed by atoms with Crippen LogP contribution in [0.4, 0.5) is 0 Å². The molecule has 1 aliphatic heterocycles. The highest BCUT2D eigenvalue weighted by atomic mass is 16.2. The SMILES string of the molecule is CC.CNC(=O)C(CCC=O)N1C(=O)c2cccc(C(C)C)c2C1=O. The number of likely N-dealkylation sites (N-methyl/N-ethyl adjacent to an activating group) is 1. The van der Waals surface area contributed by atoms with Crippen molar-refractivity contribution < 1.29 is 19.2 Å². The number of hydrogen-bond donors (Lipinski definition) is 1. The van der Waals surface area contributed by atoms with E-state index in [0.717, 1.165) is 10.5 Å². The van der Waals surface area contributed by atoms with Gasteiger partial charge in [-0.15, -0.1) is 0 Å². The lowest BCUT2D eigenvalue weighted by molar-refractivity contribution is -0.124. The van der Waals surface area contributed by atoms with Gasteiger partial charge in [-0.05, 0) is 24.0 Å². The van der Waals surface area contributed by atoms with Gasteiger partial charge in [0.15, 0.2) is 0 Å². The van der Waals surface area contributed by atoms with Gasteiger partial charge in [0, 0.05) is 13.5 Å². The highest BCUT2D eigenvalue weighted by Gasteiger charge is 2.43.